The van der Waals surface area contributed by atoms with Crippen LogP contribution in [0.1, 0.15) is 25.8 Å². The maximum atomic E-state index is 13.8. The van der Waals surface area contributed by atoms with Crippen LogP contribution in [0.2, 0.25) is 0 Å². The third-order valence-electron chi connectivity index (χ3n) is 4.34. The zero-order chi connectivity index (χ0) is 18.0. The monoisotopic (exact) mass is 345 g/mol. The Bertz CT molecular complexity index is 731. The molecule has 1 aromatic carbocycles. The molecule has 134 valence electrons. The molecule has 1 aliphatic rings. The fourth-order valence-electron chi connectivity index (χ4n) is 3.30. The van der Waals surface area contributed by atoms with Crippen molar-refractivity contribution >= 4 is 5.91 Å². The van der Waals surface area contributed by atoms with Crippen molar-refractivity contribution in [2.45, 2.75) is 44.9 Å². The third kappa shape index (κ3) is 4.05. The normalized spacial score (nSPS) is 21.0. The molecule has 2 atom stereocenters. The molecule has 7 heteroatoms. The Morgan fingerprint density at radius 3 is 2.96 bits per heavy atom. The zero-order valence-electron chi connectivity index (χ0n) is 14.5. The van der Waals surface area contributed by atoms with Crippen LogP contribution in [0.5, 0.6) is 0 Å². The van der Waals surface area contributed by atoms with Gasteiger partial charge >= 0.3 is 0 Å². The van der Waals surface area contributed by atoms with Crippen molar-refractivity contribution in [2.75, 3.05) is 6.54 Å². The van der Waals surface area contributed by atoms with Crippen molar-refractivity contribution in [2.24, 2.45) is 5.73 Å². The van der Waals surface area contributed by atoms with Crippen LogP contribution in [0.25, 0.3) is 5.69 Å². The van der Waals surface area contributed by atoms with Crippen LogP contribution in [0, 0.1) is 5.82 Å². The molecule has 3 rings (SSSR count). The summed E-state index contributed by atoms with van der Waals surface area (Å²) in [6, 6.07) is 6.14. The lowest BCUT2D eigenvalue weighted by Crippen LogP contribution is -2.45. The summed E-state index contributed by atoms with van der Waals surface area (Å²) in [5.41, 5.74) is 7.67. The summed E-state index contributed by atoms with van der Waals surface area (Å²) in [7, 11) is 0. The van der Waals surface area contributed by atoms with Crippen LogP contribution >= 0.6 is 0 Å². The van der Waals surface area contributed by atoms with Gasteiger partial charge in [0.2, 0.25) is 5.91 Å². The molecule has 0 bridgehead atoms. The maximum absolute atomic E-state index is 13.8. The van der Waals surface area contributed by atoms with Gasteiger partial charge in [-0.05, 0) is 50.1 Å². The number of carbonyl (C=O) groups excluding carboxylic acids is 1. The van der Waals surface area contributed by atoms with E-state index in [4.69, 9.17) is 5.73 Å². The summed E-state index contributed by atoms with van der Waals surface area (Å²) in [5.74, 6) is -0.336. The molecule has 2 heterocycles. The van der Waals surface area contributed by atoms with E-state index in [1.54, 1.807) is 16.9 Å². The first-order valence-corrected chi connectivity index (χ1v) is 8.52. The predicted octanol–water partition coefficient (Wildman–Crippen LogP) is 1.44. The Hall–Kier alpha value is -2.25. The number of amides is 1. The van der Waals surface area contributed by atoms with Gasteiger partial charge < -0.3 is 11.1 Å². The lowest BCUT2D eigenvalue weighted by atomic mass is 10.1. The van der Waals surface area contributed by atoms with Crippen LogP contribution < -0.4 is 11.1 Å². The maximum Gasteiger partial charge on any atom is 0.237 e. The van der Waals surface area contributed by atoms with E-state index in [1.807, 2.05) is 31.0 Å². The van der Waals surface area contributed by atoms with Gasteiger partial charge in [0.25, 0.3) is 0 Å². The first-order chi connectivity index (χ1) is 11.9. The number of likely N-dealkylation sites (tertiary alicyclic amines) is 1. The molecule has 2 aromatic rings. The number of hydrogen-bond acceptors (Lipinski definition) is 4. The van der Waals surface area contributed by atoms with Crippen molar-refractivity contribution in [3.8, 4) is 5.69 Å². The van der Waals surface area contributed by atoms with E-state index in [0.29, 0.717) is 19.5 Å². The van der Waals surface area contributed by atoms with E-state index in [-0.39, 0.29) is 29.8 Å². The summed E-state index contributed by atoms with van der Waals surface area (Å²) in [5, 5.41) is 7.18. The van der Waals surface area contributed by atoms with Gasteiger partial charge in [-0.15, -0.1) is 0 Å². The highest BCUT2D eigenvalue weighted by atomic mass is 19.1. The molecule has 0 saturated carbocycles. The standard InChI is InChI=1S/C18H24FN5O/c1-12(2)22-18(25)17-9-15(20)11-23(17)10-13-8-14(19)4-5-16(13)24-7-3-6-21-24/h3-8,12,15,17H,9-11,20H2,1-2H3,(H,22,25)/t15-,17-/m0/s1. The Kier molecular flexibility index (Phi) is 5.15. The van der Waals surface area contributed by atoms with Crippen molar-refractivity contribution in [1.29, 1.82) is 0 Å². The van der Waals surface area contributed by atoms with E-state index >= 15 is 0 Å². The molecular formula is C18H24FN5O. The van der Waals surface area contributed by atoms with E-state index in [9.17, 15) is 9.18 Å². The SMILES string of the molecule is CC(C)NC(=O)[C@@H]1C[C@H](N)CN1Cc1cc(F)ccc1-n1cccn1. The first kappa shape index (κ1) is 17.6. The molecule has 1 aromatic heterocycles. The second-order valence-corrected chi connectivity index (χ2v) is 6.83. The van der Waals surface area contributed by atoms with Crippen molar-refractivity contribution in [1.82, 2.24) is 20.0 Å². The van der Waals surface area contributed by atoms with E-state index < -0.39 is 0 Å². The smallest absolute Gasteiger partial charge is 0.237 e. The number of benzene rings is 1. The molecule has 0 spiro atoms. The van der Waals surface area contributed by atoms with Gasteiger partial charge in [-0.2, -0.15) is 5.10 Å². The van der Waals surface area contributed by atoms with Crippen LogP contribution in [0.3, 0.4) is 0 Å². The molecule has 1 aliphatic heterocycles. The molecule has 0 unspecified atom stereocenters. The fraction of sp³-hybridized carbons (Fsp3) is 0.444. The average Bonchev–Trinajstić information content (AvgIpc) is 3.16. The van der Waals surface area contributed by atoms with Gasteiger partial charge in [0.1, 0.15) is 5.82 Å². The number of nitrogens with one attached hydrogen (secondary N) is 1. The second-order valence-electron chi connectivity index (χ2n) is 6.83. The van der Waals surface area contributed by atoms with Gasteiger partial charge in [0.05, 0.1) is 11.7 Å². The summed E-state index contributed by atoms with van der Waals surface area (Å²) >= 11 is 0. The van der Waals surface area contributed by atoms with Crippen LogP contribution in [0.4, 0.5) is 4.39 Å². The molecule has 0 aliphatic carbocycles. The lowest BCUT2D eigenvalue weighted by Gasteiger charge is -2.25. The molecule has 1 fully saturated rings. The lowest BCUT2D eigenvalue weighted by molar-refractivity contribution is -0.126. The Balaban J connectivity index is 1.85. The highest BCUT2D eigenvalue weighted by Crippen LogP contribution is 2.24. The van der Waals surface area contributed by atoms with E-state index in [1.165, 1.54) is 12.1 Å². The number of halogens is 1. The first-order valence-electron chi connectivity index (χ1n) is 8.52. The van der Waals surface area contributed by atoms with Gasteiger partial charge in [0.15, 0.2) is 0 Å². The molecule has 0 radical (unpaired) electrons. The Morgan fingerprint density at radius 2 is 2.28 bits per heavy atom. The molecule has 1 saturated heterocycles. The topological polar surface area (TPSA) is 76.2 Å². The van der Waals surface area contributed by atoms with Gasteiger partial charge in [0, 0.05) is 37.6 Å². The largest absolute Gasteiger partial charge is 0.353 e. The second kappa shape index (κ2) is 7.33. The fourth-order valence-corrected chi connectivity index (χ4v) is 3.30. The summed E-state index contributed by atoms with van der Waals surface area (Å²) in [6.07, 6.45) is 4.10. The molecule has 25 heavy (non-hydrogen) atoms. The molecule has 6 nitrogen and oxygen atoms in total. The summed E-state index contributed by atoms with van der Waals surface area (Å²) in [6.45, 7) is 4.90. The quantitative estimate of drug-likeness (QED) is 0.860. The van der Waals surface area contributed by atoms with Crippen molar-refractivity contribution < 1.29 is 9.18 Å². The average molecular weight is 345 g/mol. The molecule has 3 N–H and O–H groups in total. The predicted molar refractivity (Wildman–Crippen MR) is 93.6 cm³/mol. The third-order valence-corrected chi connectivity index (χ3v) is 4.34. The number of nitrogens with two attached hydrogens (primary N) is 1. The minimum absolute atomic E-state index is 0.0278. The van der Waals surface area contributed by atoms with Gasteiger partial charge in [-0.1, -0.05) is 0 Å². The number of aromatic nitrogens is 2. The highest BCUT2D eigenvalue weighted by Gasteiger charge is 2.35. The highest BCUT2D eigenvalue weighted by molar-refractivity contribution is 5.82. The minimum atomic E-state index is -0.308. The van der Waals surface area contributed by atoms with E-state index in [2.05, 4.69) is 10.4 Å². The summed E-state index contributed by atoms with van der Waals surface area (Å²) < 4.78 is 15.5. The molecular weight excluding hydrogens is 321 g/mol. The minimum Gasteiger partial charge on any atom is -0.353 e. The van der Waals surface area contributed by atoms with Gasteiger partial charge in [-0.25, -0.2) is 9.07 Å². The Morgan fingerprint density at radius 1 is 1.48 bits per heavy atom. The number of rotatable bonds is 5. The summed E-state index contributed by atoms with van der Waals surface area (Å²) in [4.78, 5) is 14.5. The van der Waals surface area contributed by atoms with Crippen LogP contribution in [-0.2, 0) is 11.3 Å². The number of carbonyl (C=O) groups is 1. The van der Waals surface area contributed by atoms with Crippen LogP contribution in [-0.4, -0.2) is 45.3 Å². The van der Waals surface area contributed by atoms with Crippen molar-refractivity contribution in [3.63, 3.8) is 0 Å². The number of hydrogen-bond donors (Lipinski definition) is 2. The van der Waals surface area contributed by atoms with E-state index in [0.717, 1.165) is 11.3 Å². The molecule has 1 amide bonds. The zero-order valence-corrected chi connectivity index (χ0v) is 14.5. The Labute approximate surface area is 146 Å². The van der Waals surface area contributed by atoms with Gasteiger partial charge in [-0.3, -0.25) is 9.69 Å². The van der Waals surface area contributed by atoms with Crippen molar-refractivity contribution in [3.05, 3.63) is 48.0 Å². The number of nitrogens with zero attached hydrogens (tertiary/aromatic N) is 3. The van der Waals surface area contributed by atoms with Crippen LogP contribution in [0.15, 0.2) is 36.7 Å².